The number of hydrogen-bond acceptors (Lipinski definition) is 7. The molecule has 4 aromatic rings. The average Bonchev–Trinajstić information content (AvgIpc) is 3.50. The molecule has 0 unspecified atom stereocenters. The van der Waals surface area contributed by atoms with E-state index >= 15 is 0 Å². The van der Waals surface area contributed by atoms with Gasteiger partial charge in [-0.15, -0.1) is 0 Å². The average molecular weight is 573 g/mol. The van der Waals surface area contributed by atoms with Crippen LogP contribution in [0.25, 0.3) is 0 Å². The predicted molar refractivity (Wildman–Crippen MR) is 148 cm³/mol. The molecule has 3 atom stereocenters. The van der Waals surface area contributed by atoms with Gasteiger partial charge in [0, 0.05) is 5.02 Å². The Morgan fingerprint density at radius 3 is 2.24 bits per heavy atom. The van der Waals surface area contributed by atoms with E-state index in [1.54, 1.807) is 47.5 Å². The van der Waals surface area contributed by atoms with E-state index in [1.165, 1.54) is 31.4 Å². The summed E-state index contributed by atoms with van der Waals surface area (Å²) in [6.45, 7) is 0. The zero-order valence-corrected chi connectivity index (χ0v) is 22.3. The molecule has 2 aliphatic heterocycles. The first-order chi connectivity index (χ1) is 19.9. The van der Waals surface area contributed by atoms with Gasteiger partial charge in [0.1, 0.15) is 11.7 Å². The van der Waals surface area contributed by atoms with Gasteiger partial charge in [-0.05, 0) is 78.4 Å². The van der Waals surface area contributed by atoms with Crippen molar-refractivity contribution >= 4 is 40.8 Å². The van der Waals surface area contributed by atoms with Crippen LogP contribution in [0.15, 0.2) is 97.1 Å². The van der Waals surface area contributed by atoms with Gasteiger partial charge in [-0.25, -0.2) is 19.1 Å². The van der Waals surface area contributed by atoms with E-state index in [2.05, 4.69) is 0 Å². The fourth-order valence-corrected chi connectivity index (χ4v) is 5.22. The van der Waals surface area contributed by atoms with Gasteiger partial charge < -0.3 is 9.47 Å². The van der Waals surface area contributed by atoms with Crippen molar-refractivity contribution in [1.29, 1.82) is 0 Å². The zero-order chi connectivity index (χ0) is 28.7. The molecule has 2 saturated heterocycles. The normalized spacial score (nSPS) is 19.8. The van der Waals surface area contributed by atoms with Crippen molar-refractivity contribution in [3.05, 3.63) is 119 Å². The number of imide groups is 1. The highest BCUT2D eigenvalue weighted by atomic mass is 35.5. The van der Waals surface area contributed by atoms with Gasteiger partial charge in [0.15, 0.2) is 17.6 Å². The summed E-state index contributed by atoms with van der Waals surface area (Å²) in [6, 6.07) is 24.7. The van der Waals surface area contributed by atoms with Crippen molar-refractivity contribution < 1.29 is 33.1 Å². The summed E-state index contributed by atoms with van der Waals surface area (Å²) in [6.07, 6.45) is -1.06. The van der Waals surface area contributed by atoms with Crippen LogP contribution in [0.4, 0.5) is 15.8 Å². The summed E-state index contributed by atoms with van der Waals surface area (Å²) in [7, 11) is 1.42. The van der Waals surface area contributed by atoms with Crippen molar-refractivity contribution in [3.8, 4) is 11.5 Å². The number of carbonyl (C=O) groups excluding carboxylic acids is 3. The van der Waals surface area contributed by atoms with Crippen LogP contribution in [0.3, 0.4) is 0 Å². The molecule has 2 amide bonds. The van der Waals surface area contributed by atoms with Gasteiger partial charge in [-0.3, -0.25) is 14.4 Å². The van der Waals surface area contributed by atoms with Crippen LogP contribution in [0.5, 0.6) is 11.5 Å². The first kappa shape index (κ1) is 26.5. The summed E-state index contributed by atoms with van der Waals surface area (Å²) >= 11 is 6.01. The number of hydroxylamine groups is 1. The number of anilines is 2. The summed E-state index contributed by atoms with van der Waals surface area (Å²) in [5.74, 6) is -2.60. The Morgan fingerprint density at radius 1 is 0.854 bits per heavy atom. The van der Waals surface area contributed by atoms with Crippen molar-refractivity contribution in [1.82, 2.24) is 0 Å². The third kappa shape index (κ3) is 4.79. The maximum absolute atomic E-state index is 13.8. The number of amides is 2. The van der Waals surface area contributed by atoms with Crippen LogP contribution in [0.1, 0.15) is 22.0 Å². The number of para-hydroxylation sites is 1. The molecule has 0 spiro atoms. The first-order valence-corrected chi connectivity index (χ1v) is 13.0. The van der Waals surface area contributed by atoms with Crippen molar-refractivity contribution in [2.45, 2.75) is 12.1 Å². The van der Waals surface area contributed by atoms with E-state index in [0.717, 1.165) is 4.90 Å². The molecule has 41 heavy (non-hydrogen) atoms. The SMILES string of the molecule is COc1cc([C@@H]2[C@@H]3C(=O)N(c4ccc(Cl)cc4)C(=O)[C@H]3ON2c2ccccc2)ccc1OC(=O)c1ccc(F)cc1. The van der Waals surface area contributed by atoms with Crippen LogP contribution in [-0.4, -0.2) is 31.0 Å². The summed E-state index contributed by atoms with van der Waals surface area (Å²) in [5, 5.41) is 2.04. The molecule has 2 heterocycles. The van der Waals surface area contributed by atoms with Crippen LogP contribution < -0.4 is 19.4 Å². The molecule has 206 valence electrons. The van der Waals surface area contributed by atoms with Gasteiger partial charge in [0.2, 0.25) is 5.91 Å². The molecule has 0 aromatic heterocycles. The van der Waals surface area contributed by atoms with Crippen molar-refractivity contribution in [2.75, 3.05) is 17.1 Å². The van der Waals surface area contributed by atoms with Crippen LogP contribution >= 0.6 is 11.6 Å². The third-order valence-corrected chi connectivity index (χ3v) is 7.27. The second-order valence-electron chi connectivity index (χ2n) is 9.45. The minimum Gasteiger partial charge on any atom is -0.493 e. The van der Waals surface area contributed by atoms with E-state index in [1.807, 2.05) is 30.3 Å². The highest BCUT2D eigenvalue weighted by molar-refractivity contribution is 6.31. The lowest BCUT2D eigenvalue weighted by atomic mass is 9.90. The largest absolute Gasteiger partial charge is 0.493 e. The fourth-order valence-electron chi connectivity index (χ4n) is 5.09. The number of esters is 1. The Hall–Kier alpha value is -4.73. The smallest absolute Gasteiger partial charge is 0.343 e. The Bertz CT molecular complexity index is 1630. The van der Waals surface area contributed by atoms with E-state index in [0.29, 0.717) is 22.0 Å². The highest BCUT2D eigenvalue weighted by Gasteiger charge is 2.60. The van der Waals surface area contributed by atoms with E-state index in [9.17, 15) is 18.8 Å². The van der Waals surface area contributed by atoms with Gasteiger partial charge >= 0.3 is 5.97 Å². The first-order valence-electron chi connectivity index (χ1n) is 12.7. The number of ether oxygens (including phenoxy) is 2. The van der Waals surface area contributed by atoms with Crippen LogP contribution in [0.2, 0.25) is 5.02 Å². The van der Waals surface area contributed by atoms with E-state index in [4.69, 9.17) is 25.9 Å². The second kappa shape index (κ2) is 10.7. The zero-order valence-electron chi connectivity index (χ0n) is 21.6. The monoisotopic (exact) mass is 572 g/mol. The van der Waals surface area contributed by atoms with Gasteiger partial charge in [0.05, 0.1) is 30.1 Å². The number of halogens is 2. The topological polar surface area (TPSA) is 85.4 Å². The van der Waals surface area contributed by atoms with Crippen LogP contribution in [-0.2, 0) is 14.4 Å². The number of fused-ring (bicyclic) bond motifs is 1. The molecule has 0 aliphatic carbocycles. The predicted octanol–water partition coefficient (Wildman–Crippen LogP) is 5.76. The van der Waals surface area contributed by atoms with Gasteiger partial charge in [-0.2, -0.15) is 0 Å². The maximum Gasteiger partial charge on any atom is 0.343 e. The number of methoxy groups -OCH3 is 1. The van der Waals surface area contributed by atoms with Gasteiger partial charge in [-0.1, -0.05) is 35.9 Å². The molecule has 0 bridgehead atoms. The molecule has 6 rings (SSSR count). The quantitative estimate of drug-likeness (QED) is 0.165. The Labute approximate surface area is 239 Å². The van der Waals surface area contributed by atoms with Gasteiger partial charge in [0.25, 0.3) is 5.91 Å². The summed E-state index contributed by atoms with van der Waals surface area (Å²) in [5.41, 5.74) is 1.81. The molecular formula is C31H22ClFN2O6. The highest BCUT2D eigenvalue weighted by Crippen LogP contribution is 2.48. The van der Waals surface area contributed by atoms with Crippen molar-refractivity contribution in [2.24, 2.45) is 5.92 Å². The molecule has 0 N–H and O–H groups in total. The number of carbonyl (C=O) groups is 3. The Kier molecular flexibility index (Phi) is 6.90. The Balaban J connectivity index is 1.36. The minimum atomic E-state index is -1.06. The lowest BCUT2D eigenvalue weighted by Gasteiger charge is -2.29. The molecular weight excluding hydrogens is 551 g/mol. The maximum atomic E-state index is 13.8. The molecule has 2 aliphatic rings. The number of nitrogens with zero attached hydrogens (tertiary/aromatic N) is 2. The molecule has 10 heteroatoms. The molecule has 8 nitrogen and oxygen atoms in total. The standard InChI is InChI=1S/C31H22ClFN2O6/c1-39-25-17-19(9-16-24(25)40-31(38)18-7-12-21(33)13-8-18)27-26-28(41-35(27)23-5-3-2-4-6-23)30(37)34(29(26)36)22-14-10-20(32)11-15-22/h2-17,26-28H,1H3/t26-,27+,28-/m0/s1. The molecule has 0 saturated carbocycles. The molecule has 2 fully saturated rings. The number of hydrogen-bond donors (Lipinski definition) is 0. The third-order valence-electron chi connectivity index (χ3n) is 7.02. The lowest BCUT2D eigenvalue weighted by molar-refractivity contribution is -0.126. The Morgan fingerprint density at radius 2 is 1.56 bits per heavy atom. The summed E-state index contributed by atoms with van der Waals surface area (Å²) in [4.78, 5) is 47.3. The lowest BCUT2D eigenvalue weighted by Crippen LogP contribution is -2.37. The fraction of sp³-hybridized carbons (Fsp3) is 0.129. The summed E-state index contributed by atoms with van der Waals surface area (Å²) < 4.78 is 24.3. The van der Waals surface area contributed by atoms with E-state index < -0.39 is 41.7 Å². The second-order valence-corrected chi connectivity index (χ2v) is 9.89. The molecule has 4 aromatic carbocycles. The minimum absolute atomic E-state index is 0.129. The molecule has 0 radical (unpaired) electrons. The number of benzene rings is 4. The van der Waals surface area contributed by atoms with Crippen molar-refractivity contribution in [3.63, 3.8) is 0 Å². The van der Waals surface area contributed by atoms with Crippen LogP contribution in [0, 0.1) is 11.7 Å². The number of rotatable bonds is 6. The van der Waals surface area contributed by atoms with E-state index in [-0.39, 0.29) is 17.1 Å².